The third-order valence-electron chi connectivity index (χ3n) is 6.16. The largest absolute Gasteiger partial charge is 0.381 e. The first-order chi connectivity index (χ1) is 14.4. The molecule has 1 aromatic rings. The van der Waals surface area contributed by atoms with Crippen LogP contribution in [0.5, 0.6) is 0 Å². The Bertz CT molecular complexity index is 845. The van der Waals surface area contributed by atoms with Crippen LogP contribution < -0.4 is 5.32 Å². The Morgan fingerprint density at radius 2 is 1.63 bits per heavy atom. The molecule has 2 aliphatic heterocycles. The average Bonchev–Trinajstić information content (AvgIpc) is 3.57. The van der Waals surface area contributed by atoms with Crippen LogP contribution in [0.4, 0.5) is 0 Å². The minimum Gasteiger partial charge on any atom is -0.381 e. The van der Waals surface area contributed by atoms with Crippen LogP contribution >= 0.6 is 23.2 Å². The summed E-state index contributed by atoms with van der Waals surface area (Å²) < 4.78 is 5.52. The van der Waals surface area contributed by atoms with E-state index in [-0.39, 0.29) is 11.9 Å². The molecule has 0 bridgehead atoms. The van der Waals surface area contributed by atoms with Crippen LogP contribution in [0.3, 0.4) is 0 Å². The van der Waals surface area contributed by atoms with Crippen LogP contribution in [0, 0.1) is 0 Å². The summed E-state index contributed by atoms with van der Waals surface area (Å²) in [5.41, 5.74) is -0.000641. The number of piperazine rings is 1. The molecule has 3 fully saturated rings. The Kier molecular flexibility index (Phi) is 6.23. The van der Waals surface area contributed by atoms with Gasteiger partial charge in [0.25, 0.3) is 0 Å². The molecule has 7 nitrogen and oxygen atoms in total. The van der Waals surface area contributed by atoms with E-state index in [1.165, 1.54) is 4.90 Å². The second kappa shape index (κ2) is 8.73. The van der Waals surface area contributed by atoms with Gasteiger partial charge in [0.1, 0.15) is 0 Å². The Hall–Kier alpha value is -1.83. The van der Waals surface area contributed by atoms with Crippen LogP contribution in [-0.4, -0.2) is 73.0 Å². The van der Waals surface area contributed by atoms with Crippen molar-refractivity contribution in [2.45, 2.75) is 37.1 Å². The molecule has 1 aliphatic carbocycles. The molecule has 4 rings (SSSR count). The maximum atomic E-state index is 13.7. The molecule has 1 aromatic carbocycles. The first-order valence-corrected chi connectivity index (χ1v) is 11.1. The zero-order chi connectivity index (χ0) is 21.3. The fourth-order valence-electron chi connectivity index (χ4n) is 4.23. The number of hydrogen-bond acceptors (Lipinski definition) is 4. The van der Waals surface area contributed by atoms with Crippen molar-refractivity contribution in [1.82, 2.24) is 15.1 Å². The molecule has 3 amide bonds. The van der Waals surface area contributed by atoms with Gasteiger partial charge in [-0.2, -0.15) is 0 Å². The molecule has 0 unspecified atom stereocenters. The summed E-state index contributed by atoms with van der Waals surface area (Å²) in [7, 11) is 0. The number of nitrogens with zero attached hydrogens (tertiary/aromatic N) is 2. The van der Waals surface area contributed by atoms with Crippen LogP contribution in [0.25, 0.3) is 0 Å². The number of nitrogens with one attached hydrogen (secondary N) is 1. The van der Waals surface area contributed by atoms with E-state index in [4.69, 9.17) is 27.9 Å². The summed E-state index contributed by atoms with van der Waals surface area (Å²) in [6.07, 6.45) is 2.94. The molecule has 1 N–H and O–H groups in total. The van der Waals surface area contributed by atoms with Crippen LogP contribution in [0.1, 0.15) is 31.2 Å². The fourth-order valence-corrected chi connectivity index (χ4v) is 4.82. The number of ether oxygens (including phenoxy) is 1. The summed E-state index contributed by atoms with van der Waals surface area (Å²) in [5.74, 6) is -1.08. The van der Waals surface area contributed by atoms with Gasteiger partial charge in [-0.25, -0.2) is 0 Å². The van der Waals surface area contributed by atoms with E-state index in [1.54, 1.807) is 17.0 Å². The van der Waals surface area contributed by atoms with Crippen molar-refractivity contribution in [3.8, 4) is 0 Å². The van der Waals surface area contributed by atoms with Gasteiger partial charge in [0.05, 0.1) is 5.41 Å². The third kappa shape index (κ3) is 4.29. The van der Waals surface area contributed by atoms with Crippen LogP contribution in [0.15, 0.2) is 18.2 Å². The van der Waals surface area contributed by atoms with E-state index in [1.807, 2.05) is 6.07 Å². The summed E-state index contributed by atoms with van der Waals surface area (Å²) in [4.78, 5) is 41.4. The monoisotopic (exact) mass is 453 g/mol. The summed E-state index contributed by atoms with van der Waals surface area (Å²) in [6.45, 7) is 2.40. The van der Waals surface area contributed by atoms with Crippen molar-refractivity contribution in [3.05, 3.63) is 33.8 Å². The molecule has 0 aromatic heterocycles. The van der Waals surface area contributed by atoms with Gasteiger partial charge in [0, 0.05) is 55.5 Å². The van der Waals surface area contributed by atoms with E-state index in [9.17, 15) is 14.4 Å². The quantitative estimate of drug-likeness (QED) is 0.709. The number of halogens is 2. The van der Waals surface area contributed by atoms with Crippen molar-refractivity contribution >= 4 is 40.9 Å². The normalized spacial score (nSPS) is 21.3. The highest BCUT2D eigenvalue weighted by molar-refractivity contribution is 6.35. The topological polar surface area (TPSA) is 79.0 Å². The minimum atomic E-state index is -0.768. The molecule has 30 heavy (non-hydrogen) atoms. The molecule has 2 saturated heterocycles. The molecule has 1 saturated carbocycles. The maximum absolute atomic E-state index is 13.7. The highest BCUT2D eigenvalue weighted by Crippen LogP contribution is 2.41. The van der Waals surface area contributed by atoms with E-state index in [2.05, 4.69) is 5.32 Å². The van der Waals surface area contributed by atoms with Gasteiger partial charge in [0.15, 0.2) is 0 Å². The predicted octanol–water partition coefficient (Wildman–Crippen LogP) is 1.99. The maximum Gasteiger partial charge on any atom is 0.312 e. The Morgan fingerprint density at radius 1 is 1.00 bits per heavy atom. The van der Waals surface area contributed by atoms with Gasteiger partial charge in [-0.1, -0.05) is 29.3 Å². The Balaban J connectivity index is 1.46. The molecule has 2 heterocycles. The van der Waals surface area contributed by atoms with Gasteiger partial charge in [0.2, 0.25) is 5.91 Å². The second-order valence-electron chi connectivity index (χ2n) is 8.15. The van der Waals surface area contributed by atoms with Gasteiger partial charge < -0.3 is 19.9 Å². The van der Waals surface area contributed by atoms with Crippen molar-refractivity contribution in [1.29, 1.82) is 0 Å². The lowest BCUT2D eigenvalue weighted by Crippen LogP contribution is -2.58. The summed E-state index contributed by atoms with van der Waals surface area (Å²) in [5, 5.41) is 3.72. The van der Waals surface area contributed by atoms with Gasteiger partial charge >= 0.3 is 11.8 Å². The number of carbonyl (C=O) groups is 3. The van der Waals surface area contributed by atoms with Crippen molar-refractivity contribution in [3.63, 3.8) is 0 Å². The average molecular weight is 454 g/mol. The number of amides is 3. The second-order valence-corrected chi connectivity index (χ2v) is 8.99. The highest BCUT2D eigenvalue weighted by atomic mass is 35.5. The third-order valence-corrected chi connectivity index (χ3v) is 6.71. The number of rotatable bonds is 3. The van der Waals surface area contributed by atoms with Crippen molar-refractivity contribution in [2.75, 3.05) is 39.4 Å². The molecule has 0 atom stereocenters. The molecule has 9 heteroatoms. The van der Waals surface area contributed by atoms with Crippen LogP contribution in [0.2, 0.25) is 10.0 Å². The van der Waals surface area contributed by atoms with Gasteiger partial charge in [-0.05, 0) is 43.4 Å². The number of benzene rings is 1. The van der Waals surface area contributed by atoms with Gasteiger partial charge in [-0.15, -0.1) is 0 Å². The van der Waals surface area contributed by atoms with Crippen LogP contribution in [-0.2, 0) is 24.5 Å². The van der Waals surface area contributed by atoms with E-state index >= 15 is 0 Å². The molecular formula is C21H25Cl2N3O4. The zero-order valence-electron chi connectivity index (χ0n) is 16.7. The fraction of sp³-hybridized carbons (Fsp3) is 0.571. The first-order valence-electron chi connectivity index (χ1n) is 10.3. The number of carbonyl (C=O) groups excluding carboxylic acids is 3. The summed E-state index contributed by atoms with van der Waals surface area (Å²) >= 11 is 12.5. The Morgan fingerprint density at radius 3 is 2.23 bits per heavy atom. The standard InChI is InChI=1S/C21H25Cl2N3O4/c22-14-1-4-16(17(23)13-14)21(5-11-30-12-6-21)20(29)26-9-7-25(8-10-26)19(28)18(27)24-15-2-3-15/h1,4,13,15H,2-3,5-12H2,(H,24,27). The highest BCUT2D eigenvalue weighted by Gasteiger charge is 2.46. The molecular weight excluding hydrogens is 429 g/mol. The van der Waals surface area contributed by atoms with Gasteiger partial charge in [-0.3, -0.25) is 14.4 Å². The Labute approximate surface area is 185 Å². The lowest BCUT2D eigenvalue weighted by Gasteiger charge is -2.43. The van der Waals surface area contributed by atoms with E-state index < -0.39 is 17.2 Å². The first kappa shape index (κ1) is 21.4. The minimum absolute atomic E-state index is 0.00967. The molecule has 0 radical (unpaired) electrons. The van der Waals surface area contributed by atoms with Crippen molar-refractivity contribution in [2.24, 2.45) is 0 Å². The van der Waals surface area contributed by atoms with Crippen molar-refractivity contribution < 1.29 is 19.1 Å². The predicted molar refractivity (Wildman–Crippen MR) is 113 cm³/mol. The van der Waals surface area contributed by atoms with E-state index in [0.717, 1.165) is 18.4 Å². The zero-order valence-corrected chi connectivity index (χ0v) is 18.2. The molecule has 162 valence electrons. The lowest BCUT2D eigenvalue weighted by atomic mass is 9.72. The SMILES string of the molecule is O=C(NC1CC1)C(=O)N1CCN(C(=O)C2(c3ccc(Cl)cc3Cl)CCOCC2)CC1. The molecule has 0 spiro atoms. The van der Waals surface area contributed by atoms with E-state index in [0.29, 0.717) is 62.3 Å². The molecule has 3 aliphatic rings. The smallest absolute Gasteiger partial charge is 0.312 e. The lowest BCUT2D eigenvalue weighted by molar-refractivity contribution is -0.150. The number of hydrogen-bond donors (Lipinski definition) is 1. The summed E-state index contributed by atoms with van der Waals surface area (Å²) in [6, 6.07) is 5.39.